The van der Waals surface area contributed by atoms with E-state index in [4.69, 9.17) is 5.73 Å². The number of hydrogen-bond donors (Lipinski definition) is 1. The van der Waals surface area contributed by atoms with Crippen LogP contribution in [0, 0.1) is 17.8 Å². The van der Waals surface area contributed by atoms with E-state index in [9.17, 15) is 4.79 Å². The van der Waals surface area contributed by atoms with E-state index in [0.29, 0.717) is 12.5 Å². The van der Waals surface area contributed by atoms with Gasteiger partial charge in [-0.3, -0.25) is 4.79 Å². The molecule has 0 saturated carbocycles. The Morgan fingerprint density at radius 2 is 2.24 bits per heavy atom. The van der Waals surface area contributed by atoms with E-state index in [2.05, 4.69) is 25.7 Å². The van der Waals surface area contributed by atoms with Gasteiger partial charge in [0.2, 0.25) is 0 Å². The van der Waals surface area contributed by atoms with Crippen LogP contribution in [-0.2, 0) is 0 Å². The lowest BCUT2D eigenvalue weighted by Gasteiger charge is -2.18. The largest absolute Gasteiger partial charge is 0.341 e. The Hall–Kier alpha value is -1.31. The maximum absolute atomic E-state index is 12.0. The van der Waals surface area contributed by atoms with Crippen LogP contribution in [0.25, 0.3) is 0 Å². The third-order valence-corrected chi connectivity index (χ3v) is 3.10. The van der Waals surface area contributed by atoms with Gasteiger partial charge in [-0.05, 0) is 18.1 Å². The minimum Gasteiger partial charge on any atom is -0.341 e. The minimum atomic E-state index is 0.0597. The van der Waals surface area contributed by atoms with E-state index < -0.39 is 0 Å². The molecule has 0 aromatic carbocycles. The molecule has 0 radical (unpaired) electrons. The molecule has 3 nitrogen and oxygen atoms in total. The molecule has 0 fully saturated rings. The van der Waals surface area contributed by atoms with Crippen LogP contribution in [0.1, 0.15) is 28.4 Å². The molecule has 0 bridgehead atoms. The molecule has 92 valence electrons. The normalized spacial score (nSPS) is 9.94. The fourth-order valence-corrected chi connectivity index (χ4v) is 2.35. The molecule has 0 spiro atoms. The van der Waals surface area contributed by atoms with Gasteiger partial charge in [0.15, 0.2) is 0 Å². The van der Waals surface area contributed by atoms with Crippen LogP contribution in [0.4, 0.5) is 0 Å². The van der Waals surface area contributed by atoms with Crippen LogP contribution in [-0.4, -0.2) is 30.9 Å². The molecule has 0 aliphatic heterocycles. The van der Waals surface area contributed by atoms with Crippen LogP contribution in [0.3, 0.4) is 0 Å². The van der Waals surface area contributed by atoms with Crippen molar-refractivity contribution in [3.8, 4) is 11.8 Å². The van der Waals surface area contributed by atoms with E-state index in [1.807, 2.05) is 19.2 Å². The zero-order chi connectivity index (χ0) is 12.8. The van der Waals surface area contributed by atoms with Gasteiger partial charge in [0.1, 0.15) is 0 Å². The maximum Gasteiger partial charge on any atom is 0.263 e. The first-order valence-corrected chi connectivity index (χ1v) is 6.40. The topological polar surface area (TPSA) is 46.3 Å². The molecule has 17 heavy (non-hydrogen) atoms. The molecule has 1 heterocycles. The number of hydrogen-bond acceptors (Lipinski definition) is 3. The molecule has 0 aliphatic rings. The van der Waals surface area contributed by atoms with E-state index in [0.717, 1.165) is 16.3 Å². The second-order valence-electron chi connectivity index (χ2n) is 4.25. The monoisotopic (exact) mass is 250 g/mol. The molecule has 1 rings (SSSR count). The van der Waals surface area contributed by atoms with Crippen molar-refractivity contribution in [1.82, 2.24) is 4.90 Å². The smallest absolute Gasteiger partial charge is 0.263 e. The average Bonchev–Trinajstić information content (AvgIpc) is 2.72. The Bertz CT molecular complexity index is 440. The molecule has 1 amide bonds. The predicted octanol–water partition coefficient (Wildman–Crippen LogP) is 1.79. The zero-order valence-electron chi connectivity index (χ0n) is 10.5. The fraction of sp³-hybridized carbons (Fsp3) is 0.462. The quantitative estimate of drug-likeness (QED) is 0.831. The van der Waals surface area contributed by atoms with Crippen molar-refractivity contribution in [2.45, 2.75) is 13.8 Å². The van der Waals surface area contributed by atoms with Crippen molar-refractivity contribution >= 4 is 17.2 Å². The van der Waals surface area contributed by atoms with Gasteiger partial charge in [0.05, 0.1) is 16.3 Å². The molecular formula is C13H18N2OS. The Balaban J connectivity index is 2.72. The third-order valence-electron chi connectivity index (χ3n) is 2.12. The number of carbonyl (C=O) groups is 1. The summed E-state index contributed by atoms with van der Waals surface area (Å²) in [7, 11) is 1.83. The fourth-order valence-electron chi connectivity index (χ4n) is 1.48. The Labute approximate surface area is 107 Å². The summed E-state index contributed by atoms with van der Waals surface area (Å²) < 4.78 is 0. The number of thiophene rings is 1. The lowest BCUT2D eigenvalue weighted by atomic mass is 10.2. The molecule has 4 heteroatoms. The highest BCUT2D eigenvalue weighted by molar-refractivity contribution is 7.14. The molecular weight excluding hydrogens is 232 g/mol. The van der Waals surface area contributed by atoms with E-state index in [1.54, 1.807) is 4.90 Å². The average molecular weight is 250 g/mol. The van der Waals surface area contributed by atoms with E-state index >= 15 is 0 Å². The van der Waals surface area contributed by atoms with Gasteiger partial charge < -0.3 is 10.6 Å². The highest BCUT2D eigenvalue weighted by Crippen LogP contribution is 2.17. The first-order chi connectivity index (χ1) is 8.04. The molecule has 0 atom stereocenters. The summed E-state index contributed by atoms with van der Waals surface area (Å²) in [5.41, 5.74) is 5.30. The summed E-state index contributed by atoms with van der Waals surface area (Å²) >= 11 is 1.42. The highest BCUT2D eigenvalue weighted by atomic mass is 32.1. The number of carbonyl (C=O) groups excluding carboxylic acids is 1. The zero-order valence-corrected chi connectivity index (χ0v) is 11.3. The molecule has 0 aliphatic carbocycles. The second kappa shape index (κ2) is 6.43. The number of nitrogens with two attached hydrogens (primary N) is 1. The van der Waals surface area contributed by atoms with Crippen LogP contribution >= 0.6 is 11.3 Å². The number of rotatable bonds is 3. The number of nitrogens with zero attached hydrogens (tertiary/aromatic N) is 1. The summed E-state index contributed by atoms with van der Waals surface area (Å²) in [6.07, 6.45) is 0. The molecule has 1 aromatic rings. The first kappa shape index (κ1) is 13.8. The highest BCUT2D eigenvalue weighted by Gasteiger charge is 2.14. The Morgan fingerprint density at radius 3 is 2.82 bits per heavy atom. The van der Waals surface area contributed by atoms with E-state index in [-0.39, 0.29) is 5.91 Å². The van der Waals surface area contributed by atoms with Gasteiger partial charge in [0, 0.05) is 13.6 Å². The molecule has 0 unspecified atom stereocenters. The molecule has 0 saturated heterocycles. The minimum absolute atomic E-state index is 0.0597. The first-order valence-electron chi connectivity index (χ1n) is 5.58. The lowest BCUT2D eigenvalue weighted by Crippen LogP contribution is -2.29. The predicted molar refractivity (Wildman–Crippen MR) is 72.0 cm³/mol. The lowest BCUT2D eigenvalue weighted by molar-refractivity contribution is 0.0784. The number of amides is 1. The van der Waals surface area contributed by atoms with Crippen LogP contribution in [0.5, 0.6) is 0 Å². The van der Waals surface area contributed by atoms with Crippen LogP contribution < -0.4 is 5.73 Å². The van der Waals surface area contributed by atoms with Crippen molar-refractivity contribution in [3.05, 3.63) is 21.9 Å². The van der Waals surface area contributed by atoms with Gasteiger partial charge in [-0.2, -0.15) is 0 Å². The Morgan fingerprint density at radius 1 is 1.53 bits per heavy atom. The molecule has 1 aromatic heterocycles. The summed E-state index contributed by atoms with van der Waals surface area (Å²) in [5, 5.41) is 0. The van der Waals surface area contributed by atoms with Gasteiger partial charge in [0.25, 0.3) is 5.91 Å². The Kier molecular flexibility index (Phi) is 5.20. The van der Waals surface area contributed by atoms with Gasteiger partial charge in [-0.1, -0.05) is 25.7 Å². The molecule has 2 N–H and O–H groups in total. The van der Waals surface area contributed by atoms with Gasteiger partial charge in [-0.15, -0.1) is 11.3 Å². The summed E-state index contributed by atoms with van der Waals surface area (Å²) in [5.74, 6) is 6.25. The van der Waals surface area contributed by atoms with Crippen LogP contribution in [0.15, 0.2) is 12.1 Å². The SMILES string of the molecule is CC(C)CN(C)C(=O)c1ccc(C#CCN)s1. The third kappa shape index (κ3) is 4.22. The van der Waals surface area contributed by atoms with Crippen molar-refractivity contribution in [1.29, 1.82) is 0 Å². The second-order valence-corrected chi connectivity index (χ2v) is 5.33. The summed E-state index contributed by atoms with van der Waals surface area (Å²) in [4.78, 5) is 15.4. The van der Waals surface area contributed by atoms with Crippen molar-refractivity contribution in [2.24, 2.45) is 11.7 Å². The summed E-state index contributed by atoms with van der Waals surface area (Å²) in [6, 6.07) is 3.69. The van der Waals surface area contributed by atoms with Crippen molar-refractivity contribution < 1.29 is 4.79 Å². The van der Waals surface area contributed by atoms with Crippen molar-refractivity contribution in [2.75, 3.05) is 20.1 Å². The standard InChI is InChI=1S/C13H18N2OS/c1-10(2)9-15(3)13(16)12-7-6-11(17-12)5-4-8-14/h6-7,10H,8-9,14H2,1-3H3. The van der Waals surface area contributed by atoms with Crippen molar-refractivity contribution in [3.63, 3.8) is 0 Å². The summed E-state index contributed by atoms with van der Waals surface area (Å²) in [6.45, 7) is 5.29. The maximum atomic E-state index is 12.0. The van der Waals surface area contributed by atoms with E-state index in [1.165, 1.54) is 11.3 Å². The van der Waals surface area contributed by atoms with Crippen LogP contribution in [0.2, 0.25) is 0 Å². The van der Waals surface area contributed by atoms with Gasteiger partial charge >= 0.3 is 0 Å². The van der Waals surface area contributed by atoms with Gasteiger partial charge in [-0.25, -0.2) is 0 Å².